The summed E-state index contributed by atoms with van der Waals surface area (Å²) in [6.07, 6.45) is 5.59. The molecule has 21 heavy (non-hydrogen) atoms. The van der Waals surface area contributed by atoms with Gasteiger partial charge in [-0.05, 0) is 44.8 Å². The Bertz CT molecular complexity index is 456. The molecule has 0 amide bonds. The molecule has 3 nitrogen and oxygen atoms in total. The highest BCUT2D eigenvalue weighted by molar-refractivity contribution is 5.41. The molecule has 1 N–H and O–H groups in total. The molecule has 1 fully saturated rings. The molecule has 1 saturated heterocycles. The number of hydrogen-bond acceptors (Lipinski definition) is 3. The first kappa shape index (κ1) is 14.9. The van der Waals surface area contributed by atoms with Gasteiger partial charge in [0.05, 0.1) is 12.0 Å². The number of benzene rings is 1. The van der Waals surface area contributed by atoms with Crippen molar-refractivity contribution in [2.24, 2.45) is 0 Å². The summed E-state index contributed by atoms with van der Waals surface area (Å²) in [6.45, 7) is 5.54. The second kappa shape index (κ2) is 6.80. The second-order valence-electron chi connectivity index (χ2n) is 6.39. The molecule has 3 atom stereocenters. The Morgan fingerprint density at radius 2 is 2.00 bits per heavy atom. The van der Waals surface area contributed by atoms with Crippen molar-refractivity contribution in [1.82, 2.24) is 4.90 Å². The molecule has 2 aliphatic heterocycles. The molecule has 1 aromatic rings. The number of rotatable bonds is 5. The monoisotopic (exact) mass is 289 g/mol. The van der Waals surface area contributed by atoms with Crippen LogP contribution in [0.4, 0.5) is 0 Å². The SMILES string of the molecule is CCC1Oc2ccccc2C1C(O)CCN1CCCCC1. The van der Waals surface area contributed by atoms with Gasteiger partial charge in [0, 0.05) is 12.1 Å². The van der Waals surface area contributed by atoms with Crippen LogP contribution in [-0.4, -0.2) is 41.8 Å². The molecular weight excluding hydrogens is 262 g/mol. The Morgan fingerprint density at radius 3 is 2.76 bits per heavy atom. The standard InChI is InChI=1S/C18H27NO2/c1-2-16-18(14-8-4-5-9-17(14)21-16)15(20)10-13-19-11-6-3-7-12-19/h4-5,8-9,15-16,18,20H,2-3,6-7,10-13H2,1H3. The Hall–Kier alpha value is -1.06. The maximum absolute atomic E-state index is 10.7. The molecule has 0 radical (unpaired) electrons. The third-order valence-electron chi connectivity index (χ3n) is 4.96. The van der Waals surface area contributed by atoms with Crippen LogP contribution in [0, 0.1) is 0 Å². The van der Waals surface area contributed by atoms with Gasteiger partial charge in [0.1, 0.15) is 11.9 Å². The van der Waals surface area contributed by atoms with Crippen LogP contribution >= 0.6 is 0 Å². The number of ether oxygens (including phenoxy) is 1. The normalized spacial score (nSPS) is 27.1. The number of aliphatic hydroxyl groups excluding tert-OH is 1. The molecule has 2 heterocycles. The Labute approximate surface area is 127 Å². The summed E-state index contributed by atoms with van der Waals surface area (Å²) < 4.78 is 6.01. The first-order valence-corrected chi connectivity index (χ1v) is 8.45. The van der Waals surface area contributed by atoms with Crippen LogP contribution in [0.5, 0.6) is 5.75 Å². The minimum absolute atomic E-state index is 0.124. The molecule has 0 saturated carbocycles. The quantitative estimate of drug-likeness (QED) is 0.903. The van der Waals surface area contributed by atoms with Crippen LogP contribution < -0.4 is 4.74 Å². The van der Waals surface area contributed by atoms with E-state index in [1.165, 1.54) is 37.9 Å². The molecular formula is C18H27NO2. The molecule has 3 unspecified atom stereocenters. The molecule has 2 aliphatic rings. The van der Waals surface area contributed by atoms with E-state index in [0.717, 1.165) is 25.1 Å². The summed E-state index contributed by atoms with van der Waals surface area (Å²) in [5, 5.41) is 10.7. The number of likely N-dealkylation sites (tertiary alicyclic amines) is 1. The topological polar surface area (TPSA) is 32.7 Å². The van der Waals surface area contributed by atoms with Gasteiger partial charge in [-0.25, -0.2) is 0 Å². The fourth-order valence-electron chi connectivity index (χ4n) is 3.77. The van der Waals surface area contributed by atoms with Gasteiger partial charge in [-0.3, -0.25) is 0 Å². The van der Waals surface area contributed by atoms with E-state index in [9.17, 15) is 5.11 Å². The number of aliphatic hydroxyl groups is 1. The third-order valence-corrected chi connectivity index (χ3v) is 4.96. The Kier molecular flexibility index (Phi) is 4.81. The summed E-state index contributed by atoms with van der Waals surface area (Å²) in [7, 11) is 0. The van der Waals surface area contributed by atoms with Crippen molar-refractivity contribution >= 4 is 0 Å². The van der Waals surface area contributed by atoms with Crippen LogP contribution in [0.1, 0.15) is 50.5 Å². The molecule has 3 heteroatoms. The van der Waals surface area contributed by atoms with Crippen LogP contribution in [0.15, 0.2) is 24.3 Å². The maximum atomic E-state index is 10.7. The van der Waals surface area contributed by atoms with Crippen LogP contribution in [-0.2, 0) is 0 Å². The first-order chi connectivity index (χ1) is 10.3. The van der Waals surface area contributed by atoms with E-state index in [4.69, 9.17) is 4.74 Å². The molecule has 0 bridgehead atoms. The highest BCUT2D eigenvalue weighted by Gasteiger charge is 2.37. The lowest BCUT2D eigenvalue weighted by Crippen LogP contribution is -2.35. The van der Waals surface area contributed by atoms with Crippen molar-refractivity contribution < 1.29 is 9.84 Å². The average Bonchev–Trinajstić information content (AvgIpc) is 2.92. The highest BCUT2D eigenvalue weighted by Crippen LogP contribution is 2.41. The lowest BCUT2D eigenvalue weighted by Gasteiger charge is -2.29. The zero-order valence-corrected chi connectivity index (χ0v) is 13.0. The van der Waals surface area contributed by atoms with Crippen LogP contribution in [0.25, 0.3) is 0 Å². The zero-order valence-electron chi connectivity index (χ0n) is 13.0. The summed E-state index contributed by atoms with van der Waals surface area (Å²) in [6, 6.07) is 8.19. The molecule has 1 aromatic carbocycles. The minimum atomic E-state index is -0.305. The highest BCUT2D eigenvalue weighted by atomic mass is 16.5. The van der Waals surface area contributed by atoms with Gasteiger partial charge < -0.3 is 14.7 Å². The molecule has 3 rings (SSSR count). The van der Waals surface area contributed by atoms with E-state index >= 15 is 0 Å². The minimum Gasteiger partial charge on any atom is -0.489 e. The molecule has 116 valence electrons. The van der Waals surface area contributed by atoms with Gasteiger partial charge in [-0.1, -0.05) is 31.5 Å². The van der Waals surface area contributed by atoms with Crippen LogP contribution in [0.2, 0.25) is 0 Å². The lowest BCUT2D eigenvalue weighted by molar-refractivity contribution is 0.0691. The van der Waals surface area contributed by atoms with Crippen molar-refractivity contribution in [3.8, 4) is 5.75 Å². The van der Waals surface area contributed by atoms with E-state index in [1.807, 2.05) is 18.2 Å². The van der Waals surface area contributed by atoms with E-state index in [1.54, 1.807) is 0 Å². The van der Waals surface area contributed by atoms with E-state index in [2.05, 4.69) is 17.9 Å². The summed E-state index contributed by atoms with van der Waals surface area (Å²) in [5.74, 6) is 1.10. The van der Waals surface area contributed by atoms with Gasteiger partial charge in [0.2, 0.25) is 0 Å². The van der Waals surface area contributed by atoms with Crippen molar-refractivity contribution in [3.05, 3.63) is 29.8 Å². The maximum Gasteiger partial charge on any atom is 0.123 e. The molecule has 0 aliphatic carbocycles. The van der Waals surface area contributed by atoms with Crippen molar-refractivity contribution in [1.29, 1.82) is 0 Å². The smallest absolute Gasteiger partial charge is 0.123 e. The average molecular weight is 289 g/mol. The van der Waals surface area contributed by atoms with E-state index in [0.29, 0.717) is 0 Å². The summed E-state index contributed by atoms with van der Waals surface area (Å²) in [5.41, 5.74) is 1.19. The van der Waals surface area contributed by atoms with Gasteiger partial charge in [-0.2, -0.15) is 0 Å². The van der Waals surface area contributed by atoms with Gasteiger partial charge in [0.15, 0.2) is 0 Å². The van der Waals surface area contributed by atoms with Crippen molar-refractivity contribution in [3.63, 3.8) is 0 Å². The number of nitrogens with zero attached hydrogens (tertiary/aromatic N) is 1. The van der Waals surface area contributed by atoms with Crippen molar-refractivity contribution in [2.45, 2.75) is 57.2 Å². The first-order valence-electron chi connectivity index (χ1n) is 8.45. The largest absolute Gasteiger partial charge is 0.489 e. The zero-order chi connectivity index (χ0) is 14.7. The molecule has 0 spiro atoms. The second-order valence-corrected chi connectivity index (χ2v) is 6.39. The Morgan fingerprint density at radius 1 is 1.24 bits per heavy atom. The number of hydrogen-bond donors (Lipinski definition) is 1. The predicted molar refractivity (Wildman–Crippen MR) is 84.8 cm³/mol. The van der Waals surface area contributed by atoms with Gasteiger partial charge in [-0.15, -0.1) is 0 Å². The van der Waals surface area contributed by atoms with Crippen molar-refractivity contribution in [2.75, 3.05) is 19.6 Å². The Balaban J connectivity index is 1.63. The molecule has 0 aromatic heterocycles. The fraction of sp³-hybridized carbons (Fsp3) is 0.667. The summed E-state index contributed by atoms with van der Waals surface area (Å²) in [4.78, 5) is 2.50. The van der Waals surface area contributed by atoms with E-state index in [-0.39, 0.29) is 18.1 Å². The predicted octanol–water partition coefficient (Wildman–Crippen LogP) is 3.18. The summed E-state index contributed by atoms with van der Waals surface area (Å²) >= 11 is 0. The lowest BCUT2D eigenvalue weighted by atomic mass is 9.87. The number of fused-ring (bicyclic) bond motifs is 1. The van der Waals surface area contributed by atoms with Gasteiger partial charge in [0.25, 0.3) is 0 Å². The van der Waals surface area contributed by atoms with E-state index < -0.39 is 0 Å². The van der Waals surface area contributed by atoms with Gasteiger partial charge >= 0.3 is 0 Å². The number of piperidine rings is 1. The van der Waals surface area contributed by atoms with Crippen LogP contribution in [0.3, 0.4) is 0 Å². The third kappa shape index (κ3) is 3.24. The fourth-order valence-corrected chi connectivity index (χ4v) is 3.77. The number of para-hydroxylation sites is 1.